The van der Waals surface area contributed by atoms with Gasteiger partial charge in [0.2, 0.25) is 0 Å². The number of hydrogen-bond donors (Lipinski definition) is 2. The molecule has 1 aromatic heterocycles. The average Bonchev–Trinajstić information content (AvgIpc) is 2.23. The van der Waals surface area contributed by atoms with E-state index in [0.717, 1.165) is 12.8 Å². The quantitative estimate of drug-likeness (QED) is 0.768. The standard InChI is InChI=1S/C12H19N3O2/c1-7-4-3-5-9(8(7)2)15-10(13)6-11(16)14-12(15)17/h6-9H,3-5,13H2,1-2H3,(H,14,16,17). The van der Waals surface area contributed by atoms with Gasteiger partial charge in [-0.25, -0.2) is 4.79 Å². The minimum Gasteiger partial charge on any atom is -0.385 e. The van der Waals surface area contributed by atoms with Gasteiger partial charge in [-0.05, 0) is 18.3 Å². The molecular weight excluding hydrogens is 218 g/mol. The van der Waals surface area contributed by atoms with Crippen molar-refractivity contribution in [1.82, 2.24) is 9.55 Å². The highest BCUT2D eigenvalue weighted by atomic mass is 16.2. The Kier molecular flexibility index (Phi) is 3.09. The zero-order valence-electron chi connectivity index (χ0n) is 10.3. The molecule has 0 saturated heterocycles. The highest BCUT2D eigenvalue weighted by Gasteiger charge is 2.29. The number of aromatic nitrogens is 2. The summed E-state index contributed by atoms with van der Waals surface area (Å²) in [6, 6.07) is 1.39. The zero-order chi connectivity index (χ0) is 12.6. The number of nitrogens with zero attached hydrogens (tertiary/aromatic N) is 1. The van der Waals surface area contributed by atoms with Crippen LogP contribution < -0.4 is 17.0 Å². The largest absolute Gasteiger partial charge is 0.385 e. The number of hydrogen-bond acceptors (Lipinski definition) is 3. The fraction of sp³-hybridized carbons (Fsp3) is 0.667. The van der Waals surface area contributed by atoms with Gasteiger partial charge in [0.15, 0.2) is 0 Å². The van der Waals surface area contributed by atoms with E-state index in [1.54, 1.807) is 4.57 Å². The van der Waals surface area contributed by atoms with Crippen molar-refractivity contribution in [1.29, 1.82) is 0 Å². The Morgan fingerprint density at radius 2 is 2.06 bits per heavy atom. The summed E-state index contributed by atoms with van der Waals surface area (Å²) >= 11 is 0. The molecule has 3 unspecified atom stereocenters. The molecule has 1 aliphatic carbocycles. The Labute approximate surface area is 99.7 Å². The second-order valence-corrected chi connectivity index (χ2v) is 5.07. The third kappa shape index (κ3) is 2.14. The Morgan fingerprint density at radius 1 is 1.35 bits per heavy atom. The molecule has 3 N–H and O–H groups in total. The second kappa shape index (κ2) is 4.39. The maximum atomic E-state index is 11.8. The van der Waals surface area contributed by atoms with Crippen LogP contribution in [0.2, 0.25) is 0 Å². The Morgan fingerprint density at radius 3 is 2.71 bits per heavy atom. The van der Waals surface area contributed by atoms with Gasteiger partial charge in [0.25, 0.3) is 5.56 Å². The summed E-state index contributed by atoms with van der Waals surface area (Å²) in [6.07, 6.45) is 3.23. The Bertz CT molecular complexity index is 517. The number of nitrogens with one attached hydrogen (secondary N) is 1. The molecule has 0 aromatic carbocycles. The highest BCUT2D eigenvalue weighted by Crippen LogP contribution is 2.37. The summed E-state index contributed by atoms with van der Waals surface area (Å²) in [5.41, 5.74) is 4.99. The first kappa shape index (κ1) is 12.0. The average molecular weight is 237 g/mol. The van der Waals surface area contributed by atoms with Crippen LogP contribution in [0.3, 0.4) is 0 Å². The van der Waals surface area contributed by atoms with Gasteiger partial charge >= 0.3 is 5.69 Å². The van der Waals surface area contributed by atoms with E-state index in [1.165, 1.54) is 12.5 Å². The van der Waals surface area contributed by atoms with E-state index in [9.17, 15) is 9.59 Å². The summed E-state index contributed by atoms with van der Waals surface area (Å²) in [4.78, 5) is 25.3. The molecule has 0 radical (unpaired) electrons. The molecule has 94 valence electrons. The molecule has 2 rings (SSSR count). The van der Waals surface area contributed by atoms with Crippen LogP contribution in [-0.2, 0) is 0 Å². The lowest BCUT2D eigenvalue weighted by Gasteiger charge is -2.35. The van der Waals surface area contributed by atoms with Crippen LogP contribution in [0.1, 0.15) is 39.2 Å². The van der Waals surface area contributed by atoms with Crippen molar-refractivity contribution in [3.63, 3.8) is 0 Å². The molecule has 1 fully saturated rings. The van der Waals surface area contributed by atoms with Gasteiger partial charge in [-0.2, -0.15) is 0 Å². The van der Waals surface area contributed by atoms with Crippen LogP contribution in [0.5, 0.6) is 0 Å². The monoisotopic (exact) mass is 237 g/mol. The molecule has 1 heterocycles. The Balaban J connectivity index is 2.46. The topological polar surface area (TPSA) is 80.9 Å². The lowest BCUT2D eigenvalue weighted by atomic mass is 9.78. The van der Waals surface area contributed by atoms with Crippen molar-refractivity contribution in [3.8, 4) is 0 Å². The molecule has 0 amide bonds. The van der Waals surface area contributed by atoms with E-state index in [1.807, 2.05) is 0 Å². The summed E-state index contributed by atoms with van der Waals surface area (Å²) in [6.45, 7) is 4.34. The highest BCUT2D eigenvalue weighted by molar-refractivity contribution is 5.27. The van der Waals surface area contributed by atoms with Gasteiger partial charge in [-0.3, -0.25) is 14.3 Å². The summed E-state index contributed by atoms with van der Waals surface area (Å²) in [5.74, 6) is 1.24. The maximum absolute atomic E-state index is 11.8. The van der Waals surface area contributed by atoms with Crippen LogP contribution in [-0.4, -0.2) is 9.55 Å². The predicted molar refractivity (Wildman–Crippen MR) is 67.0 cm³/mol. The lowest BCUT2D eigenvalue weighted by Crippen LogP contribution is -2.38. The van der Waals surface area contributed by atoms with Gasteiger partial charge in [0.05, 0.1) is 0 Å². The minimum atomic E-state index is -0.430. The molecule has 1 saturated carbocycles. The van der Waals surface area contributed by atoms with Crippen molar-refractivity contribution in [3.05, 3.63) is 26.9 Å². The predicted octanol–water partition coefficient (Wildman–Crippen LogP) is 1.12. The molecule has 5 nitrogen and oxygen atoms in total. The van der Waals surface area contributed by atoms with Crippen LogP contribution in [0.25, 0.3) is 0 Å². The van der Waals surface area contributed by atoms with Crippen LogP contribution in [0.4, 0.5) is 5.82 Å². The van der Waals surface area contributed by atoms with E-state index >= 15 is 0 Å². The smallest absolute Gasteiger partial charge is 0.330 e. The molecule has 5 heteroatoms. The third-order valence-corrected chi connectivity index (χ3v) is 4.00. The summed E-state index contributed by atoms with van der Waals surface area (Å²) in [7, 11) is 0. The van der Waals surface area contributed by atoms with Crippen molar-refractivity contribution >= 4 is 5.82 Å². The molecule has 0 spiro atoms. The maximum Gasteiger partial charge on any atom is 0.330 e. The molecule has 3 atom stereocenters. The number of nitrogen functional groups attached to an aromatic ring is 1. The first-order chi connectivity index (χ1) is 8.00. The fourth-order valence-electron chi connectivity index (χ4n) is 2.78. The summed E-state index contributed by atoms with van der Waals surface area (Å²) < 4.78 is 1.54. The SMILES string of the molecule is CC1CCCC(n2c(N)cc(=O)[nH]c2=O)C1C. The lowest BCUT2D eigenvalue weighted by molar-refractivity contribution is 0.183. The normalized spacial score (nSPS) is 29.2. The zero-order valence-corrected chi connectivity index (χ0v) is 10.3. The van der Waals surface area contributed by atoms with Crippen molar-refractivity contribution in [2.75, 3.05) is 5.73 Å². The van der Waals surface area contributed by atoms with E-state index in [0.29, 0.717) is 11.8 Å². The molecule has 1 aromatic rings. The van der Waals surface area contributed by atoms with E-state index in [-0.39, 0.29) is 17.5 Å². The number of H-pyrrole nitrogens is 1. The van der Waals surface area contributed by atoms with Crippen molar-refractivity contribution < 1.29 is 0 Å². The van der Waals surface area contributed by atoms with Gasteiger partial charge in [-0.15, -0.1) is 0 Å². The van der Waals surface area contributed by atoms with Crippen molar-refractivity contribution in [2.24, 2.45) is 11.8 Å². The molecule has 1 aliphatic rings. The van der Waals surface area contributed by atoms with Crippen molar-refractivity contribution in [2.45, 2.75) is 39.2 Å². The molecule has 0 bridgehead atoms. The third-order valence-electron chi connectivity index (χ3n) is 4.00. The Hall–Kier alpha value is -1.52. The number of anilines is 1. The van der Waals surface area contributed by atoms with Crippen LogP contribution >= 0.6 is 0 Å². The van der Waals surface area contributed by atoms with Crippen LogP contribution in [0.15, 0.2) is 15.7 Å². The molecular formula is C12H19N3O2. The number of rotatable bonds is 1. The second-order valence-electron chi connectivity index (χ2n) is 5.07. The van der Waals surface area contributed by atoms with Gasteiger partial charge in [0, 0.05) is 12.1 Å². The number of nitrogens with two attached hydrogens (primary N) is 1. The molecule has 0 aliphatic heterocycles. The van der Waals surface area contributed by atoms with Gasteiger partial charge in [-0.1, -0.05) is 26.7 Å². The van der Waals surface area contributed by atoms with E-state index in [2.05, 4.69) is 18.8 Å². The molecule has 17 heavy (non-hydrogen) atoms. The van der Waals surface area contributed by atoms with Gasteiger partial charge in [0.1, 0.15) is 5.82 Å². The van der Waals surface area contributed by atoms with Crippen LogP contribution in [0, 0.1) is 11.8 Å². The first-order valence-electron chi connectivity index (χ1n) is 6.12. The first-order valence-corrected chi connectivity index (χ1v) is 6.12. The minimum absolute atomic E-state index is 0.100. The van der Waals surface area contributed by atoms with E-state index < -0.39 is 5.56 Å². The number of aromatic amines is 1. The summed E-state index contributed by atoms with van der Waals surface area (Å²) in [5, 5.41) is 0. The van der Waals surface area contributed by atoms with E-state index in [4.69, 9.17) is 5.73 Å². The van der Waals surface area contributed by atoms with Gasteiger partial charge < -0.3 is 5.73 Å². The fourth-order valence-corrected chi connectivity index (χ4v) is 2.78.